The van der Waals surface area contributed by atoms with Crippen molar-refractivity contribution in [2.75, 3.05) is 46.4 Å². The van der Waals surface area contributed by atoms with Gasteiger partial charge in [-0.15, -0.1) is 0 Å². The summed E-state index contributed by atoms with van der Waals surface area (Å²) < 4.78 is 62.5. The highest BCUT2D eigenvalue weighted by molar-refractivity contribution is 7.89. The number of oxime groups is 1. The van der Waals surface area contributed by atoms with E-state index >= 15 is 0 Å². The Bertz CT molecular complexity index is 1770. The molecule has 0 atom stereocenters. The van der Waals surface area contributed by atoms with Gasteiger partial charge in [-0.2, -0.15) is 8.42 Å². The Hall–Kier alpha value is -3.83. The van der Waals surface area contributed by atoms with Crippen molar-refractivity contribution in [2.24, 2.45) is 5.16 Å². The van der Waals surface area contributed by atoms with Crippen LogP contribution in [0.1, 0.15) is 28.0 Å². The molecule has 2 aliphatic rings. The number of sulfonamides is 1. The minimum absolute atomic E-state index is 0.0208. The van der Waals surface area contributed by atoms with E-state index in [0.29, 0.717) is 35.6 Å². The molecule has 0 aliphatic carbocycles. The monoisotopic (exact) mass is 635 g/mol. The molecule has 2 aliphatic heterocycles. The molecule has 0 saturated heterocycles. The summed E-state index contributed by atoms with van der Waals surface area (Å²) in [6.07, 6.45) is 1.50. The van der Waals surface area contributed by atoms with Crippen molar-refractivity contribution in [1.29, 1.82) is 0 Å². The van der Waals surface area contributed by atoms with Gasteiger partial charge < -0.3 is 24.3 Å². The van der Waals surface area contributed by atoms with Crippen LogP contribution in [0.4, 0.5) is 5.69 Å². The third-order valence-electron chi connectivity index (χ3n) is 6.88. The molecule has 43 heavy (non-hydrogen) atoms. The van der Waals surface area contributed by atoms with Gasteiger partial charge in [0, 0.05) is 32.7 Å². The summed E-state index contributed by atoms with van der Waals surface area (Å²) in [6.45, 7) is 3.28. The number of ether oxygens (including phenoxy) is 1. The molecule has 0 radical (unpaired) electrons. The highest BCUT2D eigenvalue weighted by Crippen LogP contribution is 2.40. The molecule has 3 aromatic rings. The minimum Gasteiger partial charge on any atom is -0.479 e. The topological polar surface area (TPSA) is 181 Å². The molecule has 16 heteroatoms. The third kappa shape index (κ3) is 7.05. The molecule has 0 unspecified atom stereocenters. The molecule has 0 bridgehead atoms. The first-order chi connectivity index (χ1) is 20.1. The summed E-state index contributed by atoms with van der Waals surface area (Å²) in [4.78, 5) is 21.0. The van der Waals surface area contributed by atoms with Crippen molar-refractivity contribution in [3.8, 4) is 17.0 Å². The van der Waals surface area contributed by atoms with Crippen molar-refractivity contribution in [3.63, 3.8) is 0 Å². The zero-order valence-corrected chi connectivity index (χ0v) is 26.2. The van der Waals surface area contributed by atoms with Gasteiger partial charge in [-0.25, -0.2) is 12.7 Å². The number of methoxy groups -OCH3 is 1. The average molecular weight is 636 g/mol. The number of aryl methyl sites for hydroxylation is 1. The van der Waals surface area contributed by atoms with E-state index in [1.807, 2.05) is 13.1 Å². The normalized spacial score (nSPS) is 15.9. The maximum absolute atomic E-state index is 13.0. The van der Waals surface area contributed by atoms with Crippen LogP contribution in [0.15, 0.2) is 44.9 Å². The fourth-order valence-electron chi connectivity index (χ4n) is 4.74. The molecule has 5 rings (SSSR count). The van der Waals surface area contributed by atoms with Crippen LogP contribution in [0.5, 0.6) is 5.88 Å². The second kappa shape index (κ2) is 12.4. The van der Waals surface area contributed by atoms with Crippen LogP contribution < -0.4 is 10.1 Å². The summed E-state index contributed by atoms with van der Waals surface area (Å²) in [5.74, 6) is 0.490. The Morgan fingerprint density at radius 1 is 1.14 bits per heavy atom. The predicted octanol–water partition coefficient (Wildman–Crippen LogP) is 2.27. The van der Waals surface area contributed by atoms with Gasteiger partial charge in [-0.3, -0.25) is 9.35 Å². The Morgan fingerprint density at radius 2 is 1.79 bits per heavy atom. The van der Waals surface area contributed by atoms with E-state index < -0.39 is 20.1 Å². The van der Waals surface area contributed by atoms with Gasteiger partial charge in [0.25, 0.3) is 21.9 Å². The number of nitrogens with one attached hydrogen (secondary N) is 1. The molecule has 1 amide bonds. The van der Waals surface area contributed by atoms with Gasteiger partial charge >= 0.3 is 0 Å². The highest BCUT2D eigenvalue weighted by Gasteiger charge is 2.34. The number of fused-ring (bicyclic) bond motifs is 3. The van der Waals surface area contributed by atoms with E-state index in [1.54, 1.807) is 31.2 Å². The number of amides is 1. The Kier molecular flexibility index (Phi) is 9.27. The van der Waals surface area contributed by atoms with Crippen LogP contribution in [0.3, 0.4) is 0 Å². The number of carbonyl (C=O) groups is 1. The smallest absolute Gasteiger partial charge is 0.278 e. The van der Waals surface area contributed by atoms with Crippen LogP contribution in [-0.4, -0.2) is 88.4 Å². The van der Waals surface area contributed by atoms with E-state index in [1.165, 1.54) is 25.5 Å². The zero-order valence-electron chi connectivity index (χ0n) is 24.5. The van der Waals surface area contributed by atoms with Gasteiger partial charge in [0.05, 0.1) is 29.5 Å². The fraction of sp³-hybridized carbons (Fsp3) is 0.370. The number of hydrogen-bond acceptors (Lipinski definition) is 11. The molecule has 14 nitrogen and oxygen atoms in total. The SMILES string of the molecule is COc1noc(C)c1CON=C1C(=O)Nc2c1cc(-c1ccc(S(=O)(=O)N(C)C)cc1)c1c2CN(C)CC1.CS(=O)(=O)O. The summed E-state index contributed by atoms with van der Waals surface area (Å²) >= 11 is 0. The van der Waals surface area contributed by atoms with Crippen LogP contribution in [0.2, 0.25) is 0 Å². The number of anilines is 1. The number of rotatable bonds is 7. The average Bonchev–Trinajstić information content (AvgIpc) is 3.45. The first-order valence-electron chi connectivity index (χ1n) is 12.9. The van der Waals surface area contributed by atoms with Gasteiger partial charge in [0.15, 0.2) is 12.3 Å². The highest BCUT2D eigenvalue weighted by atomic mass is 32.2. The van der Waals surface area contributed by atoms with Crippen molar-refractivity contribution >= 4 is 37.4 Å². The van der Waals surface area contributed by atoms with Gasteiger partial charge in [0.1, 0.15) is 5.76 Å². The van der Waals surface area contributed by atoms with Gasteiger partial charge in [0.2, 0.25) is 10.0 Å². The van der Waals surface area contributed by atoms with Gasteiger partial charge in [-0.1, -0.05) is 17.3 Å². The first kappa shape index (κ1) is 32.1. The lowest BCUT2D eigenvalue weighted by atomic mass is 9.87. The van der Waals surface area contributed by atoms with E-state index in [2.05, 4.69) is 20.5 Å². The van der Waals surface area contributed by atoms with E-state index in [4.69, 9.17) is 18.7 Å². The van der Waals surface area contributed by atoms with E-state index in [-0.39, 0.29) is 23.1 Å². The lowest BCUT2D eigenvalue weighted by Gasteiger charge is -2.29. The molecule has 2 N–H and O–H groups in total. The van der Waals surface area contributed by atoms with Crippen LogP contribution in [0.25, 0.3) is 11.1 Å². The van der Waals surface area contributed by atoms with Crippen molar-refractivity contribution in [1.82, 2.24) is 14.4 Å². The number of aromatic nitrogens is 1. The Morgan fingerprint density at radius 3 is 2.40 bits per heavy atom. The van der Waals surface area contributed by atoms with E-state index in [0.717, 1.165) is 40.9 Å². The number of likely N-dealkylation sites (N-methyl/N-ethyl adjacent to an activating group) is 1. The van der Waals surface area contributed by atoms with Crippen molar-refractivity contribution < 1.29 is 40.3 Å². The molecular weight excluding hydrogens is 602 g/mol. The van der Waals surface area contributed by atoms with Crippen molar-refractivity contribution in [2.45, 2.75) is 31.4 Å². The molecule has 0 saturated carbocycles. The number of nitrogens with zero attached hydrogens (tertiary/aromatic N) is 4. The number of benzene rings is 2. The predicted molar refractivity (Wildman–Crippen MR) is 158 cm³/mol. The molecule has 0 spiro atoms. The summed E-state index contributed by atoms with van der Waals surface area (Å²) in [6, 6.07) is 8.75. The third-order valence-corrected chi connectivity index (χ3v) is 8.71. The number of hydrogen-bond donors (Lipinski definition) is 2. The molecule has 1 aromatic heterocycles. The molecular formula is C27H33N5O9S2. The van der Waals surface area contributed by atoms with Crippen LogP contribution >= 0.6 is 0 Å². The summed E-state index contributed by atoms with van der Waals surface area (Å²) in [7, 11) is -0.688. The second-order valence-electron chi connectivity index (χ2n) is 10.2. The molecule has 3 heterocycles. The minimum atomic E-state index is -3.67. The van der Waals surface area contributed by atoms with Gasteiger partial charge in [-0.05, 0) is 66.0 Å². The molecule has 2 aromatic carbocycles. The van der Waals surface area contributed by atoms with Crippen LogP contribution in [0, 0.1) is 6.92 Å². The second-order valence-corrected chi connectivity index (χ2v) is 13.8. The Labute approximate surface area is 250 Å². The zero-order chi connectivity index (χ0) is 31.7. The number of carbonyl (C=O) groups excluding carboxylic acids is 1. The standard InChI is InChI=1S/C26H29N5O6S.CH4O3S/c1-15-22(26(35-5)29-37-15)14-36-28-24-20-12-19(16-6-8-17(9-7-16)38(33,34)30(2)3)18-10-11-31(4)13-21(18)23(20)27-25(24)32;1-5(2,3)4/h6-9,12H,10-11,13-14H2,1-5H3,(H,27,28,32);1H3,(H,2,3,4). The maximum atomic E-state index is 13.0. The largest absolute Gasteiger partial charge is 0.479 e. The quantitative estimate of drug-likeness (QED) is 0.287. The van der Waals surface area contributed by atoms with E-state index in [9.17, 15) is 21.6 Å². The summed E-state index contributed by atoms with van der Waals surface area (Å²) in [5.41, 5.74) is 6.07. The fourth-order valence-corrected chi connectivity index (χ4v) is 5.64. The summed E-state index contributed by atoms with van der Waals surface area (Å²) in [5, 5.41) is 11.0. The maximum Gasteiger partial charge on any atom is 0.278 e. The first-order valence-corrected chi connectivity index (χ1v) is 16.2. The lowest BCUT2D eigenvalue weighted by Crippen LogP contribution is -2.27. The molecule has 0 fully saturated rings. The van der Waals surface area contributed by atoms with Crippen LogP contribution in [-0.2, 0) is 49.3 Å². The van der Waals surface area contributed by atoms with Crippen molar-refractivity contribution in [3.05, 3.63) is 58.3 Å². The Balaban J connectivity index is 0.000000782. The molecule has 232 valence electrons. The lowest BCUT2D eigenvalue weighted by molar-refractivity contribution is -0.110.